The zero-order valence-corrected chi connectivity index (χ0v) is 15.1. The monoisotopic (exact) mass is 369 g/mol. The summed E-state index contributed by atoms with van der Waals surface area (Å²) in [6.45, 7) is 0.127. The van der Waals surface area contributed by atoms with Crippen LogP contribution in [0, 0.1) is 0 Å². The Bertz CT molecular complexity index is 1100. The Morgan fingerprint density at radius 3 is 2.57 bits per heavy atom. The minimum absolute atomic E-state index is 0.127. The molecule has 1 amide bonds. The Morgan fingerprint density at radius 1 is 1.00 bits per heavy atom. The Kier molecular flexibility index (Phi) is 5.08. The van der Waals surface area contributed by atoms with Gasteiger partial charge in [0.1, 0.15) is 0 Å². The molecule has 2 aromatic heterocycles. The minimum Gasteiger partial charge on any atom is -0.387 e. The van der Waals surface area contributed by atoms with Crippen molar-refractivity contribution in [2.45, 2.75) is 6.10 Å². The maximum Gasteiger partial charge on any atom is 0.252 e. The first kappa shape index (κ1) is 17.8. The summed E-state index contributed by atoms with van der Waals surface area (Å²) >= 11 is 0. The van der Waals surface area contributed by atoms with Gasteiger partial charge in [-0.2, -0.15) is 0 Å². The van der Waals surface area contributed by atoms with Crippen LogP contribution in [0.3, 0.4) is 0 Å². The number of carbonyl (C=O) groups is 1. The molecule has 0 saturated heterocycles. The number of hydrogen-bond donors (Lipinski definition) is 2. The molecule has 0 aliphatic heterocycles. The molecule has 2 aromatic carbocycles. The van der Waals surface area contributed by atoms with Crippen molar-refractivity contribution in [3.8, 4) is 11.3 Å². The van der Waals surface area contributed by atoms with E-state index in [1.54, 1.807) is 18.5 Å². The molecule has 4 aromatic rings. The van der Waals surface area contributed by atoms with Crippen LogP contribution in [-0.2, 0) is 0 Å². The van der Waals surface area contributed by atoms with Crippen LogP contribution in [-0.4, -0.2) is 27.5 Å². The lowest BCUT2D eigenvalue weighted by Crippen LogP contribution is -2.28. The summed E-state index contributed by atoms with van der Waals surface area (Å²) in [5, 5.41) is 13.9. The van der Waals surface area contributed by atoms with Gasteiger partial charge in [-0.3, -0.25) is 9.78 Å². The van der Waals surface area contributed by atoms with Crippen molar-refractivity contribution in [2.24, 2.45) is 0 Å². The van der Waals surface area contributed by atoms with Crippen molar-refractivity contribution in [1.82, 2.24) is 15.3 Å². The molecule has 4 rings (SSSR count). The van der Waals surface area contributed by atoms with Crippen molar-refractivity contribution in [2.75, 3.05) is 6.54 Å². The summed E-state index contributed by atoms with van der Waals surface area (Å²) < 4.78 is 0. The fourth-order valence-corrected chi connectivity index (χ4v) is 3.10. The molecule has 2 heterocycles. The molecule has 0 spiro atoms. The molecule has 1 atom stereocenters. The number of para-hydroxylation sites is 1. The van der Waals surface area contributed by atoms with Crippen LogP contribution in [0.5, 0.6) is 0 Å². The van der Waals surface area contributed by atoms with E-state index in [4.69, 9.17) is 0 Å². The Balaban J connectivity index is 1.64. The summed E-state index contributed by atoms with van der Waals surface area (Å²) in [6.07, 6.45) is 2.65. The number of carbonyl (C=O) groups excluding carboxylic acids is 1. The molecule has 0 bridgehead atoms. The first-order chi connectivity index (χ1) is 13.7. The second kappa shape index (κ2) is 7.98. The summed E-state index contributed by atoms with van der Waals surface area (Å²) in [7, 11) is 0. The van der Waals surface area contributed by atoms with Crippen molar-refractivity contribution < 1.29 is 9.90 Å². The predicted octanol–water partition coefficient (Wildman–Crippen LogP) is 3.76. The summed E-state index contributed by atoms with van der Waals surface area (Å²) in [5.74, 6) is -0.251. The van der Waals surface area contributed by atoms with Crippen molar-refractivity contribution in [3.63, 3.8) is 0 Å². The number of fused-ring (bicyclic) bond motifs is 1. The van der Waals surface area contributed by atoms with Crippen molar-refractivity contribution in [1.29, 1.82) is 0 Å². The Hall–Kier alpha value is -3.57. The van der Waals surface area contributed by atoms with Gasteiger partial charge in [-0.25, -0.2) is 4.98 Å². The molecule has 0 saturated carbocycles. The molecule has 5 nitrogen and oxygen atoms in total. The fraction of sp³-hybridized carbons (Fsp3) is 0.0870. The Labute approximate surface area is 162 Å². The summed E-state index contributed by atoms with van der Waals surface area (Å²) in [5.41, 5.74) is 3.54. The van der Waals surface area contributed by atoms with E-state index >= 15 is 0 Å². The number of aliphatic hydroxyl groups is 1. The molecule has 2 N–H and O–H groups in total. The topological polar surface area (TPSA) is 75.1 Å². The average molecular weight is 369 g/mol. The van der Waals surface area contributed by atoms with Gasteiger partial charge < -0.3 is 10.4 Å². The van der Waals surface area contributed by atoms with Crippen LogP contribution < -0.4 is 5.32 Å². The number of hydrogen-bond acceptors (Lipinski definition) is 4. The lowest BCUT2D eigenvalue weighted by molar-refractivity contribution is 0.0918. The lowest BCUT2D eigenvalue weighted by atomic mass is 10.0. The van der Waals surface area contributed by atoms with Gasteiger partial charge in [-0.15, -0.1) is 0 Å². The number of nitrogens with zero attached hydrogens (tertiary/aromatic N) is 2. The number of pyridine rings is 2. The largest absolute Gasteiger partial charge is 0.387 e. The number of aromatic nitrogens is 2. The highest BCUT2D eigenvalue weighted by atomic mass is 16.3. The van der Waals surface area contributed by atoms with E-state index in [2.05, 4.69) is 15.3 Å². The maximum absolute atomic E-state index is 12.9. The third-order valence-corrected chi connectivity index (χ3v) is 4.56. The number of amides is 1. The zero-order valence-electron chi connectivity index (χ0n) is 15.1. The minimum atomic E-state index is -0.768. The highest BCUT2D eigenvalue weighted by Gasteiger charge is 2.15. The molecule has 0 unspecified atom stereocenters. The number of aliphatic hydroxyl groups excluding tert-OH is 1. The van der Waals surface area contributed by atoms with Crippen LogP contribution in [0.15, 0.2) is 85.2 Å². The second-order valence-electron chi connectivity index (χ2n) is 6.45. The molecule has 0 radical (unpaired) electrons. The van der Waals surface area contributed by atoms with Crippen molar-refractivity contribution >= 4 is 16.8 Å². The molecule has 5 heteroatoms. The molecular weight excluding hydrogens is 350 g/mol. The van der Waals surface area contributed by atoms with Crippen LogP contribution in [0.1, 0.15) is 22.0 Å². The standard InChI is InChI=1S/C23H19N3O2/c27-22(16-7-2-1-3-8-16)15-25-23(28)19-13-21(17-9-6-12-24-14-17)26-20-11-5-4-10-18(19)20/h1-14,22,27H,15H2,(H,25,28)/t22-/m1/s1. The number of rotatable bonds is 5. The lowest BCUT2D eigenvalue weighted by Gasteiger charge is -2.14. The number of nitrogens with one attached hydrogen (secondary N) is 1. The van der Waals surface area contributed by atoms with Gasteiger partial charge in [0, 0.05) is 29.9 Å². The van der Waals surface area contributed by atoms with Gasteiger partial charge in [0.2, 0.25) is 0 Å². The van der Waals surface area contributed by atoms with E-state index in [0.717, 1.165) is 22.0 Å². The third-order valence-electron chi connectivity index (χ3n) is 4.56. The van der Waals surface area contributed by atoms with E-state index in [9.17, 15) is 9.90 Å². The van der Waals surface area contributed by atoms with Gasteiger partial charge in [-0.05, 0) is 29.8 Å². The van der Waals surface area contributed by atoms with Crippen molar-refractivity contribution in [3.05, 3.63) is 96.3 Å². The van der Waals surface area contributed by atoms with Crippen LogP contribution >= 0.6 is 0 Å². The predicted molar refractivity (Wildman–Crippen MR) is 109 cm³/mol. The first-order valence-corrected chi connectivity index (χ1v) is 9.04. The van der Waals surface area contributed by atoms with Gasteiger partial charge in [-0.1, -0.05) is 48.5 Å². The molecule has 28 heavy (non-hydrogen) atoms. The highest BCUT2D eigenvalue weighted by molar-refractivity contribution is 6.07. The maximum atomic E-state index is 12.9. The van der Waals surface area contributed by atoms with Crippen LogP contribution in [0.2, 0.25) is 0 Å². The normalized spacial score (nSPS) is 11.9. The third kappa shape index (κ3) is 3.75. The van der Waals surface area contributed by atoms with Gasteiger partial charge in [0.25, 0.3) is 5.91 Å². The average Bonchev–Trinajstić information content (AvgIpc) is 2.77. The van der Waals surface area contributed by atoms with Gasteiger partial charge in [0.05, 0.1) is 22.9 Å². The van der Waals surface area contributed by atoms with E-state index in [0.29, 0.717) is 11.3 Å². The first-order valence-electron chi connectivity index (χ1n) is 9.04. The SMILES string of the molecule is O=C(NC[C@@H](O)c1ccccc1)c1cc(-c2cccnc2)nc2ccccc12. The van der Waals surface area contributed by atoms with E-state index in [1.807, 2.05) is 66.7 Å². The van der Waals surface area contributed by atoms with E-state index in [-0.39, 0.29) is 12.5 Å². The second-order valence-corrected chi connectivity index (χ2v) is 6.45. The van der Waals surface area contributed by atoms with E-state index < -0.39 is 6.10 Å². The van der Waals surface area contributed by atoms with Crippen LogP contribution in [0.25, 0.3) is 22.2 Å². The Morgan fingerprint density at radius 2 is 1.79 bits per heavy atom. The van der Waals surface area contributed by atoms with Gasteiger partial charge >= 0.3 is 0 Å². The molecule has 0 fully saturated rings. The summed E-state index contributed by atoms with van der Waals surface area (Å²) in [6, 6.07) is 22.3. The van der Waals surface area contributed by atoms with Crippen LogP contribution in [0.4, 0.5) is 0 Å². The number of benzene rings is 2. The zero-order chi connectivity index (χ0) is 19.3. The molecular formula is C23H19N3O2. The summed E-state index contributed by atoms with van der Waals surface area (Å²) in [4.78, 5) is 21.7. The quantitative estimate of drug-likeness (QED) is 0.562. The fourth-order valence-electron chi connectivity index (χ4n) is 3.10. The van der Waals surface area contributed by atoms with Gasteiger partial charge in [0.15, 0.2) is 0 Å². The van der Waals surface area contributed by atoms with E-state index in [1.165, 1.54) is 0 Å². The molecule has 0 aliphatic carbocycles. The molecule has 0 aliphatic rings. The molecule has 138 valence electrons. The highest BCUT2D eigenvalue weighted by Crippen LogP contribution is 2.24. The smallest absolute Gasteiger partial charge is 0.252 e.